The standard InChI is InChI=1S/C21H18N6O3/c28-21-15-6-9-26(12-17(15)24-20(25-21)13-4-7-22-8-5-13)11-14-10-23-16-2-1-3-18(19(14)16)27(29)30/h1-5,7-8,10,23H,6,9,11-12H2,(H,24,25,28). The lowest BCUT2D eigenvalue weighted by Crippen LogP contribution is -2.35. The van der Waals surface area contributed by atoms with Crippen molar-refractivity contribution < 1.29 is 4.92 Å². The first-order valence-corrected chi connectivity index (χ1v) is 9.58. The summed E-state index contributed by atoms with van der Waals surface area (Å²) in [7, 11) is 0. The van der Waals surface area contributed by atoms with Gasteiger partial charge in [-0.05, 0) is 30.2 Å². The molecule has 5 rings (SSSR count). The predicted octanol–water partition coefficient (Wildman–Crippen LogP) is 2.78. The van der Waals surface area contributed by atoms with Crippen molar-refractivity contribution in [1.29, 1.82) is 0 Å². The molecule has 0 aliphatic carbocycles. The van der Waals surface area contributed by atoms with Gasteiger partial charge in [-0.3, -0.25) is 24.8 Å². The zero-order valence-corrected chi connectivity index (χ0v) is 16.0. The SMILES string of the molecule is O=c1[nH]c(-c2ccncc2)nc2c1CCN(Cc1c[nH]c3cccc([N+](=O)[O-])c13)C2. The van der Waals surface area contributed by atoms with Crippen LogP contribution in [0.1, 0.15) is 16.8 Å². The van der Waals surface area contributed by atoms with E-state index in [9.17, 15) is 14.9 Å². The van der Waals surface area contributed by atoms with Crippen LogP contribution in [0.15, 0.2) is 53.7 Å². The van der Waals surface area contributed by atoms with E-state index >= 15 is 0 Å². The smallest absolute Gasteiger partial charge is 0.279 e. The highest BCUT2D eigenvalue weighted by molar-refractivity contribution is 5.91. The molecule has 1 aliphatic rings. The zero-order valence-electron chi connectivity index (χ0n) is 16.0. The number of nitrogens with zero attached hydrogens (tertiary/aromatic N) is 4. The maximum Gasteiger partial charge on any atom is 0.279 e. The van der Waals surface area contributed by atoms with Gasteiger partial charge in [0, 0.05) is 55.4 Å². The first-order chi connectivity index (χ1) is 14.6. The molecule has 9 nitrogen and oxygen atoms in total. The Morgan fingerprint density at radius 1 is 1.20 bits per heavy atom. The van der Waals surface area contributed by atoms with Crippen LogP contribution in [0.25, 0.3) is 22.3 Å². The van der Waals surface area contributed by atoms with Crippen LogP contribution in [0, 0.1) is 10.1 Å². The Kier molecular flexibility index (Phi) is 4.36. The van der Waals surface area contributed by atoms with E-state index in [1.54, 1.807) is 30.6 Å². The molecule has 9 heteroatoms. The van der Waals surface area contributed by atoms with Gasteiger partial charge in [0.2, 0.25) is 0 Å². The van der Waals surface area contributed by atoms with Crippen LogP contribution in [0.3, 0.4) is 0 Å². The minimum atomic E-state index is -0.354. The van der Waals surface area contributed by atoms with Crippen LogP contribution in [-0.2, 0) is 19.5 Å². The average molecular weight is 402 g/mol. The second kappa shape index (κ2) is 7.20. The summed E-state index contributed by atoms with van der Waals surface area (Å²) in [6.45, 7) is 1.72. The van der Waals surface area contributed by atoms with Crippen LogP contribution < -0.4 is 5.56 Å². The van der Waals surface area contributed by atoms with E-state index in [1.165, 1.54) is 6.07 Å². The van der Waals surface area contributed by atoms with Gasteiger partial charge in [-0.2, -0.15) is 0 Å². The summed E-state index contributed by atoms with van der Waals surface area (Å²) in [4.78, 5) is 40.5. The van der Waals surface area contributed by atoms with Gasteiger partial charge in [-0.15, -0.1) is 0 Å². The number of nitro benzene ring substituents is 1. The van der Waals surface area contributed by atoms with Gasteiger partial charge in [-0.25, -0.2) is 4.98 Å². The Labute approximate surface area is 170 Å². The van der Waals surface area contributed by atoms with Crippen molar-refractivity contribution in [1.82, 2.24) is 24.8 Å². The van der Waals surface area contributed by atoms with E-state index in [4.69, 9.17) is 4.98 Å². The molecule has 0 unspecified atom stereocenters. The molecule has 0 fully saturated rings. The van der Waals surface area contributed by atoms with Crippen LogP contribution in [0.5, 0.6) is 0 Å². The van der Waals surface area contributed by atoms with Gasteiger partial charge < -0.3 is 9.97 Å². The fraction of sp³-hybridized carbons (Fsp3) is 0.190. The number of benzene rings is 1. The number of H-pyrrole nitrogens is 2. The molecule has 0 saturated carbocycles. The molecule has 0 radical (unpaired) electrons. The monoisotopic (exact) mass is 402 g/mol. The van der Waals surface area contributed by atoms with E-state index in [2.05, 4.69) is 19.9 Å². The van der Waals surface area contributed by atoms with Gasteiger partial charge in [0.25, 0.3) is 11.2 Å². The molecule has 150 valence electrons. The molecule has 0 saturated heterocycles. The fourth-order valence-electron chi connectivity index (χ4n) is 4.03. The lowest BCUT2D eigenvalue weighted by atomic mass is 10.0. The summed E-state index contributed by atoms with van der Waals surface area (Å²) in [5, 5.41) is 12.1. The number of hydrogen-bond donors (Lipinski definition) is 2. The average Bonchev–Trinajstić information content (AvgIpc) is 3.17. The quantitative estimate of drug-likeness (QED) is 0.400. The highest BCUT2D eigenvalue weighted by Crippen LogP contribution is 2.30. The van der Waals surface area contributed by atoms with E-state index in [1.807, 2.05) is 12.3 Å². The Hall–Kier alpha value is -3.85. The van der Waals surface area contributed by atoms with Crippen LogP contribution in [0.2, 0.25) is 0 Å². The van der Waals surface area contributed by atoms with Crippen molar-refractivity contribution in [2.24, 2.45) is 0 Å². The van der Waals surface area contributed by atoms with E-state index in [-0.39, 0.29) is 16.2 Å². The Morgan fingerprint density at radius 2 is 2.03 bits per heavy atom. The fourth-order valence-corrected chi connectivity index (χ4v) is 4.03. The number of hydrogen-bond acceptors (Lipinski definition) is 6. The minimum Gasteiger partial charge on any atom is -0.361 e. The molecule has 4 heterocycles. The Morgan fingerprint density at radius 3 is 2.83 bits per heavy atom. The first kappa shape index (κ1) is 18.2. The third-order valence-electron chi connectivity index (χ3n) is 5.46. The Balaban J connectivity index is 1.47. The van der Waals surface area contributed by atoms with Crippen molar-refractivity contribution >= 4 is 16.6 Å². The van der Waals surface area contributed by atoms with E-state index in [0.29, 0.717) is 42.8 Å². The third kappa shape index (κ3) is 3.15. The molecule has 0 bridgehead atoms. The number of nitrogens with one attached hydrogen (secondary N) is 2. The number of rotatable bonds is 4. The summed E-state index contributed by atoms with van der Waals surface area (Å²) in [5.41, 5.74) is 3.82. The van der Waals surface area contributed by atoms with Crippen molar-refractivity contribution in [3.8, 4) is 11.4 Å². The number of nitro groups is 1. The number of non-ortho nitro benzene ring substituents is 1. The topological polar surface area (TPSA) is 121 Å². The largest absolute Gasteiger partial charge is 0.361 e. The highest BCUT2D eigenvalue weighted by Gasteiger charge is 2.24. The van der Waals surface area contributed by atoms with Crippen LogP contribution in [-0.4, -0.2) is 36.3 Å². The number of pyridine rings is 1. The summed E-state index contributed by atoms with van der Waals surface area (Å²) in [6, 6.07) is 8.63. The maximum absolute atomic E-state index is 12.6. The zero-order chi connectivity index (χ0) is 20.7. The minimum absolute atomic E-state index is 0.0932. The van der Waals surface area contributed by atoms with Crippen molar-refractivity contribution in [3.05, 3.63) is 86.2 Å². The van der Waals surface area contributed by atoms with E-state index < -0.39 is 0 Å². The molecule has 1 aromatic carbocycles. The highest BCUT2D eigenvalue weighted by atomic mass is 16.6. The molecule has 4 aromatic rings. The normalized spacial score (nSPS) is 14.0. The van der Waals surface area contributed by atoms with Crippen LogP contribution in [0.4, 0.5) is 5.69 Å². The predicted molar refractivity (Wildman–Crippen MR) is 111 cm³/mol. The molecule has 3 aromatic heterocycles. The molecular weight excluding hydrogens is 384 g/mol. The number of fused-ring (bicyclic) bond motifs is 2. The summed E-state index contributed by atoms with van der Waals surface area (Å²) >= 11 is 0. The van der Waals surface area contributed by atoms with Gasteiger partial charge >= 0.3 is 0 Å². The lowest BCUT2D eigenvalue weighted by Gasteiger charge is -2.27. The van der Waals surface area contributed by atoms with Gasteiger partial charge in [0.1, 0.15) is 5.82 Å². The summed E-state index contributed by atoms with van der Waals surface area (Å²) in [6.07, 6.45) is 5.72. The second-order valence-electron chi connectivity index (χ2n) is 7.31. The molecule has 0 amide bonds. The number of aromatic nitrogens is 4. The summed E-state index contributed by atoms with van der Waals surface area (Å²) < 4.78 is 0. The lowest BCUT2D eigenvalue weighted by molar-refractivity contribution is -0.383. The van der Waals surface area contributed by atoms with Gasteiger partial charge in [0.15, 0.2) is 0 Å². The molecule has 1 aliphatic heterocycles. The molecule has 0 atom stereocenters. The first-order valence-electron chi connectivity index (χ1n) is 9.58. The number of aromatic amines is 2. The van der Waals surface area contributed by atoms with Crippen molar-refractivity contribution in [2.75, 3.05) is 6.54 Å². The van der Waals surface area contributed by atoms with Crippen molar-refractivity contribution in [3.63, 3.8) is 0 Å². The van der Waals surface area contributed by atoms with Crippen LogP contribution >= 0.6 is 0 Å². The Bertz CT molecular complexity index is 1310. The third-order valence-corrected chi connectivity index (χ3v) is 5.46. The van der Waals surface area contributed by atoms with Gasteiger partial charge in [-0.1, -0.05) is 6.07 Å². The molecule has 30 heavy (non-hydrogen) atoms. The van der Waals surface area contributed by atoms with Crippen molar-refractivity contribution in [2.45, 2.75) is 19.5 Å². The van der Waals surface area contributed by atoms with E-state index in [0.717, 1.165) is 22.3 Å². The van der Waals surface area contributed by atoms with Gasteiger partial charge in [0.05, 0.1) is 21.5 Å². The maximum atomic E-state index is 12.6. The molecule has 0 spiro atoms. The molecule has 2 N–H and O–H groups in total. The second-order valence-corrected chi connectivity index (χ2v) is 7.31. The molecular formula is C21H18N6O3. The summed E-state index contributed by atoms with van der Waals surface area (Å²) in [5.74, 6) is 0.519.